The van der Waals surface area contributed by atoms with E-state index in [0.29, 0.717) is 16.6 Å². The molecule has 0 aliphatic heterocycles. The van der Waals surface area contributed by atoms with E-state index in [1.165, 1.54) is 13.2 Å². The van der Waals surface area contributed by atoms with Crippen molar-refractivity contribution in [1.82, 2.24) is 4.98 Å². The van der Waals surface area contributed by atoms with Gasteiger partial charge in [0.1, 0.15) is 18.2 Å². The van der Waals surface area contributed by atoms with Gasteiger partial charge in [-0.3, -0.25) is 0 Å². The number of carbonyl (C=O) groups excluding carboxylic acids is 2. The Kier molecular flexibility index (Phi) is 6.23. The van der Waals surface area contributed by atoms with Crippen molar-refractivity contribution < 1.29 is 19.1 Å². The second kappa shape index (κ2) is 9.01. The zero-order valence-electron chi connectivity index (χ0n) is 16.9. The Hall–Kier alpha value is -3.98. The van der Waals surface area contributed by atoms with E-state index in [4.69, 9.17) is 9.47 Å². The molecule has 6 nitrogen and oxygen atoms in total. The number of benzene rings is 2. The first-order valence-corrected chi connectivity index (χ1v) is 9.26. The highest BCUT2D eigenvalue weighted by Crippen LogP contribution is 2.24. The summed E-state index contributed by atoms with van der Waals surface area (Å²) in [6.07, 6.45) is 1.46. The maximum absolute atomic E-state index is 12.5. The highest BCUT2D eigenvalue weighted by Gasteiger charge is 2.21. The minimum Gasteiger partial charge on any atom is -0.465 e. The molecule has 150 valence electrons. The van der Waals surface area contributed by atoms with Crippen LogP contribution in [0.4, 0.5) is 0 Å². The third kappa shape index (κ3) is 4.36. The molecular formula is C24H20N2O4. The van der Waals surface area contributed by atoms with Crippen LogP contribution in [0, 0.1) is 25.2 Å². The van der Waals surface area contributed by atoms with Gasteiger partial charge in [-0.05, 0) is 37.1 Å². The molecule has 0 unspecified atom stereocenters. The Morgan fingerprint density at radius 1 is 1.10 bits per heavy atom. The van der Waals surface area contributed by atoms with Crippen LogP contribution in [-0.2, 0) is 20.9 Å². The van der Waals surface area contributed by atoms with Gasteiger partial charge < -0.3 is 9.47 Å². The number of aromatic nitrogens is 1. The number of fused-ring (bicyclic) bond motifs is 1. The average molecular weight is 400 g/mol. The Labute approximate surface area is 174 Å². The summed E-state index contributed by atoms with van der Waals surface area (Å²) in [7, 11) is 1.28. The first-order valence-electron chi connectivity index (χ1n) is 9.26. The molecule has 3 aromatic rings. The van der Waals surface area contributed by atoms with Crippen molar-refractivity contribution >= 4 is 28.9 Å². The van der Waals surface area contributed by atoms with E-state index in [-0.39, 0.29) is 23.4 Å². The van der Waals surface area contributed by atoms with Crippen LogP contribution in [0.15, 0.2) is 54.1 Å². The molecule has 30 heavy (non-hydrogen) atoms. The fourth-order valence-electron chi connectivity index (χ4n) is 3.10. The van der Waals surface area contributed by atoms with E-state index in [1.54, 1.807) is 6.92 Å². The van der Waals surface area contributed by atoms with E-state index >= 15 is 0 Å². The minimum atomic E-state index is -0.790. The van der Waals surface area contributed by atoms with Gasteiger partial charge in [0.15, 0.2) is 0 Å². The standard InChI is InChI=1S/C24H20N2O4/c1-15-8-10-17(11-9-15)12-18(13-25)23(27)30-14-21-22(24(28)29-3)16(2)19-6-4-5-7-20(19)26-21/h4-12H,14H2,1-3H3/b18-12+. The van der Waals surface area contributed by atoms with Gasteiger partial charge in [-0.15, -0.1) is 0 Å². The fourth-order valence-corrected chi connectivity index (χ4v) is 3.10. The molecule has 0 aliphatic rings. The Balaban J connectivity index is 1.90. The number of hydrogen-bond acceptors (Lipinski definition) is 6. The lowest BCUT2D eigenvalue weighted by Crippen LogP contribution is -2.14. The molecule has 6 heteroatoms. The lowest BCUT2D eigenvalue weighted by molar-refractivity contribution is -0.139. The van der Waals surface area contributed by atoms with Crippen molar-refractivity contribution in [3.63, 3.8) is 0 Å². The number of ether oxygens (including phenoxy) is 2. The normalized spacial score (nSPS) is 11.1. The number of hydrogen-bond donors (Lipinski definition) is 0. The lowest BCUT2D eigenvalue weighted by Gasteiger charge is -2.13. The van der Waals surface area contributed by atoms with Crippen LogP contribution >= 0.6 is 0 Å². The molecule has 0 amide bonds. The summed E-state index contributed by atoms with van der Waals surface area (Å²) >= 11 is 0. The Morgan fingerprint density at radius 3 is 2.47 bits per heavy atom. The smallest absolute Gasteiger partial charge is 0.349 e. The maximum atomic E-state index is 12.5. The number of methoxy groups -OCH3 is 1. The molecule has 0 saturated heterocycles. The van der Waals surface area contributed by atoms with Crippen molar-refractivity contribution in [2.75, 3.05) is 7.11 Å². The third-order valence-corrected chi connectivity index (χ3v) is 4.69. The number of nitriles is 1. The van der Waals surface area contributed by atoms with Gasteiger partial charge in [-0.25, -0.2) is 14.6 Å². The molecule has 1 heterocycles. The summed E-state index contributed by atoms with van der Waals surface area (Å²) in [6, 6.07) is 16.6. The van der Waals surface area contributed by atoms with Gasteiger partial charge in [-0.1, -0.05) is 48.0 Å². The summed E-state index contributed by atoms with van der Waals surface area (Å²) < 4.78 is 10.2. The predicted molar refractivity (Wildman–Crippen MR) is 112 cm³/mol. The van der Waals surface area contributed by atoms with Gasteiger partial charge >= 0.3 is 11.9 Å². The fraction of sp³-hybridized carbons (Fsp3) is 0.167. The Morgan fingerprint density at radius 2 is 1.80 bits per heavy atom. The highest BCUT2D eigenvalue weighted by atomic mass is 16.5. The average Bonchev–Trinajstić information content (AvgIpc) is 2.76. The molecule has 0 bridgehead atoms. The van der Waals surface area contributed by atoms with Gasteiger partial charge in [-0.2, -0.15) is 5.26 Å². The van der Waals surface area contributed by atoms with Crippen LogP contribution in [0.5, 0.6) is 0 Å². The number of rotatable bonds is 5. The highest BCUT2D eigenvalue weighted by molar-refractivity contribution is 5.99. The minimum absolute atomic E-state index is 0.143. The molecule has 1 aromatic heterocycles. The topological polar surface area (TPSA) is 89.3 Å². The molecule has 0 atom stereocenters. The Bertz CT molecular complexity index is 1190. The number of para-hydroxylation sites is 1. The molecule has 0 saturated carbocycles. The number of nitrogens with zero attached hydrogens (tertiary/aromatic N) is 2. The van der Waals surface area contributed by atoms with Crippen molar-refractivity contribution in [3.05, 3.63) is 82.1 Å². The van der Waals surface area contributed by atoms with Crippen LogP contribution in [0.3, 0.4) is 0 Å². The van der Waals surface area contributed by atoms with Crippen LogP contribution in [0.25, 0.3) is 17.0 Å². The number of esters is 2. The molecule has 0 fully saturated rings. The van der Waals surface area contributed by atoms with Crippen molar-refractivity contribution in [2.45, 2.75) is 20.5 Å². The summed E-state index contributed by atoms with van der Waals surface area (Å²) in [4.78, 5) is 29.3. The summed E-state index contributed by atoms with van der Waals surface area (Å²) in [5.74, 6) is -1.35. The first-order chi connectivity index (χ1) is 14.4. The lowest BCUT2D eigenvalue weighted by atomic mass is 10.0. The largest absolute Gasteiger partial charge is 0.465 e. The molecule has 2 aromatic carbocycles. The van der Waals surface area contributed by atoms with Crippen molar-refractivity contribution in [1.29, 1.82) is 5.26 Å². The van der Waals surface area contributed by atoms with Crippen molar-refractivity contribution in [2.24, 2.45) is 0 Å². The van der Waals surface area contributed by atoms with E-state index in [0.717, 1.165) is 10.9 Å². The molecule has 0 N–H and O–H groups in total. The van der Waals surface area contributed by atoms with Gasteiger partial charge in [0.2, 0.25) is 0 Å². The second-order valence-electron chi connectivity index (χ2n) is 6.72. The molecule has 3 rings (SSSR count). The third-order valence-electron chi connectivity index (χ3n) is 4.69. The van der Waals surface area contributed by atoms with Gasteiger partial charge in [0.05, 0.1) is 23.9 Å². The maximum Gasteiger partial charge on any atom is 0.349 e. The second-order valence-corrected chi connectivity index (χ2v) is 6.72. The quantitative estimate of drug-likeness (QED) is 0.361. The monoisotopic (exact) mass is 400 g/mol. The van der Waals surface area contributed by atoms with E-state index in [2.05, 4.69) is 4.98 Å². The number of pyridine rings is 1. The number of aryl methyl sites for hydroxylation is 2. The molecular weight excluding hydrogens is 380 g/mol. The summed E-state index contributed by atoms with van der Waals surface area (Å²) in [6.45, 7) is 3.48. The zero-order valence-corrected chi connectivity index (χ0v) is 16.9. The zero-order chi connectivity index (χ0) is 21.7. The van der Waals surface area contributed by atoms with Gasteiger partial charge in [0, 0.05) is 5.39 Å². The number of carbonyl (C=O) groups is 2. The first kappa shape index (κ1) is 20.7. The predicted octanol–water partition coefficient (Wildman–Crippen LogP) is 4.29. The van der Waals surface area contributed by atoms with Crippen LogP contribution in [0.1, 0.15) is 32.7 Å². The van der Waals surface area contributed by atoms with E-state index in [9.17, 15) is 14.9 Å². The molecule has 0 aliphatic carbocycles. The summed E-state index contributed by atoms with van der Waals surface area (Å²) in [5, 5.41) is 10.2. The van der Waals surface area contributed by atoms with Crippen LogP contribution in [0.2, 0.25) is 0 Å². The molecule has 0 spiro atoms. The van der Waals surface area contributed by atoms with E-state index in [1.807, 2.05) is 61.5 Å². The summed E-state index contributed by atoms with van der Waals surface area (Å²) in [5.41, 5.74) is 3.53. The van der Waals surface area contributed by atoms with Crippen molar-refractivity contribution in [3.8, 4) is 6.07 Å². The molecule has 0 radical (unpaired) electrons. The van der Waals surface area contributed by atoms with Crippen LogP contribution in [-0.4, -0.2) is 24.0 Å². The van der Waals surface area contributed by atoms with Gasteiger partial charge in [0.25, 0.3) is 0 Å². The van der Waals surface area contributed by atoms with E-state index < -0.39 is 11.9 Å². The SMILES string of the molecule is COC(=O)c1c(COC(=O)/C(C#N)=C/c2ccc(C)cc2)nc2ccccc2c1C. The van der Waals surface area contributed by atoms with Crippen LogP contribution < -0.4 is 0 Å².